The van der Waals surface area contributed by atoms with Crippen molar-refractivity contribution in [2.45, 2.75) is 31.7 Å². The lowest BCUT2D eigenvalue weighted by Crippen LogP contribution is -2.42. The number of hydrogen-bond donors (Lipinski definition) is 5. The third-order valence-corrected chi connectivity index (χ3v) is 3.22. The van der Waals surface area contributed by atoms with Crippen LogP contribution in [0.3, 0.4) is 0 Å². The molecule has 0 aromatic carbocycles. The molecule has 116 valence electrons. The van der Waals surface area contributed by atoms with Gasteiger partial charge in [-0.25, -0.2) is 0 Å². The highest BCUT2D eigenvalue weighted by Crippen LogP contribution is 2.27. The van der Waals surface area contributed by atoms with E-state index >= 15 is 0 Å². The second-order valence-corrected chi connectivity index (χ2v) is 4.77. The summed E-state index contributed by atoms with van der Waals surface area (Å²) in [5, 5.41) is 39.6. The monoisotopic (exact) mass is 291 g/mol. The molecule has 0 bridgehead atoms. The van der Waals surface area contributed by atoms with E-state index in [0.717, 1.165) is 0 Å². The van der Waals surface area contributed by atoms with Gasteiger partial charge in [-0.15, -0.1) is 0 Å². The fourth-order valence-electron chi connectivity index (χ4n) is 2.18. The summed E-state index contributed by atoms with van der Waals surface area (Å²) in [5.74, 6) is -0.664. The largest absolute Gasteiger partial charge is 0.478 e. The minimum atomic E-state index is -1.16. The van der Waals surface area contributed by atoms with Crippen molar-refractivity contribution in [1.82, 2.24) is 5.32 Å². The zero-order valence-electron chi connectivity index (χ0n) is 11.4. The van der Waals surface area contributed by atoms with Crippen LogP contribution in [0.4, 0.5) is 0 Å². The van der Waals surface area contributed by atoms with Crippen molar-refractivity contribution in [1.29, 1.82) is 0 Å². The Morgan fingerprint density at radius 2 is 1.90 bits per heavy atom. The van der Waals surface area contributed by atoms with Crippen molar-refractivity contribution < 1.29 is 34.5 Å². The highest BCUT2D eigenvalue weighted by molar-refractivity contribution is 6.45. The van der Waals surface area contributed by atoms with Gasteiger partial charge >= 0.3 is 7.12 Å². The fraction of sp³-hybridized carbons (Fsp3) is 0.909. The van der Waals surface area contributed by atoms with Crippen molar-refractivity contribution in [3.8, 4) is 0 Å². The number of aliphatic hydroxyl groups is 4. The van der Waals surface area contributed by atoms with Gasteiger partial charge in [-0.1, -0.05) is 0 Å². The number of amides is 1. The molecule has 9 heteroatoms. The molecular weight excluding hydrogens is 269 g/mol. The normalized spacial score (nSPS) is 25.6. The van der Waals surface area contributed by atoms with Gasteiger partial charge in [0, 0.05) is 26.1 Å². The van der Waals surface area contributed by atoms with Crippen molar-refractivity contribution >= 4 is 13.0 Å². The number of carbonyl (C=O) groups excluding carboxylic acids is 1. The molecule has 4 atom stereocenters. The lowest BCUT2D eigenvalue weighted by molar-refractivity contribution is -0.118. The summed E-state index contributed by atoms with van der Waals surface area (Å²) >= 11 is 0. The van der Waals surface area contributed by atoms with Crippen molar-refractivity contribution in [2.24, 2.45) is 5.92 Å². The smallest absolute Gasteiger partial charge is 0.404 e. The Morgan fingerprint density at radius 1 is 1.25 bits per heavy atom. The lowest BCUT2D eigenvalue weighted by Gasteiger charge is -2.27. The van der Waals surface area contributed by atoms with Crippen LogP contribution < -0.4 is 5.32 Å². The summed E-state index contributed by atoms with van der Waals surface area (Å²) in [6.07, 6.45) is -2.24. The molecule has 4 unspecified atom stereocenters. The van der Waals surface area contributed by atoms with Gasteiger partial charge in [-0.05, 0) is 6.42 Å². The fourth-order valence-corrected chi connectivity index (χ4v) is 2.18. The van der Waals surface area contributed by atoms with Gasteiger partial charge in [0.25, 0.3) is 0 Å². The first-order valence-electron chi connectivity index (χ1n) is 6.59. The Bertz CT molecular complexity index is 306. The predicted molar refractivity (Wildman–Crippen MR) is 69.6 cm³/mol. The number of carbonyl (C=O) groups is 1. The molecule has 0 aromatic rings. The van der Waals surface area contributed by atoms with Gasteiger partial charge in [0.05, 0.1) is 25.3 Å². The third-order valence-electron chi connectivity index (χ3n) is 3.22. The van der Waals surface area contributed by atoms with Crippen molar-refractivity contribution in [3.05, 3.63) is 0 Å². The second-order valence-electron chi connectivity index (χ2n) is 4.77. The molecule has 1 rings (SSSR count). The third kappa shape index (κ3) is 4.69. The zero-order chi connectivity index (χ0) is 15.1. The topological polar surface area (TPSA) is 128 Å². The number of nitrogens with one attached hydrogen (secondary N) is 1. The van der Waals surface area contributed by atoms with E-state index in [-0.39, 0.29) is 32.0 Å². The summed E-state index contributed by atoms with van der Waals surface area (Å²) in [5.41, 5.74) is 0. The zero-order valence-corrected chi connectivity index (χ0v) is 11.4. The SMILES string of the molecule is CC(=O)NCB1OC(C(O)CO)C(C(CO)CCO)O1. The van der Waals surface area contributed by atoms with E-state index in [1.54, 1.807) is 0 Å². The average molecular weight is 291 g/mol. The Balaban J connectivity index is 2.69. The molecule has 0 spiro atoms. The van der Waals surface area contributed by atoms with Gasteiger partial charge in [0.2, 0.25) is 5.91 Å². The van der Waals surface area contributed by atoms with Crippen LogP contribution in [0.2, 0.25) is 0 Å². The maximum atomic E-state index is 10.9. The molecule has 0 radical (unpaired) electrons. The molecule has 1 amide bonds. The first-order valence-corrected chi connectivity index (χ1v) is 6.59. The molecule has 1 aliphatic rings. The second kappa shape index (κ2) is 8.55. The van der Waals surface area contributed by atoms with E-state index in [1.165, 1.54) is 6.92 Å². The molecule has 0 aromatic heterocycles. The van der Waals surface area contributed by atoms with Gasteiger partial charge < -0.3 is 35.1 Å². The van der Waals surface area contributed by atoms with E-state index in [1.807, 2.05) is 0 Å². The number of hydrogen-bond acceptors (Lipinski definition) is 7. The summed E-state index contributed by atoms with van der Waals surface area (Å²) in [4.78, 5) is 10.9. The van der Waals surface area contributed by atoms with Crippen LogP contribution in [0.15, 0.2) is 0 Å². The van der Waals surface area contributed by atoms with Gasteiger partial charge in [-0.3, -0.25) is 4.79 Å². The van der Waals surface area contributed by atoms with E-state index in [9.17, 15) is 15.0 Å². The summed E-state index contributed by atoms with van der Waals surface area (Å²) in [6.45, 7) is 0.475. The van der Waals surface area contributed by atoms with E-state index in [0.29, 0.717) is 0 Å². The van der Waals surface area contributed by atoms with Crippen molar-refractivity contribution in [3.63, 3.8) is 0 Å². The minimum Gasteiger partial charge on any atom is -0.404 e. The summed E-state index contributed by atoms with van der Waals surface area (Å²) < 4.78 is 11.0. The Labute approximate surface area is 117 Å². The Kier molecular flexibility index (Phi) is 7.42. The lowest BCUT2D eigenvalue weighted by atomic mass is 9.90. The number of aliphatic hydroxyl groups excluding tert-OH is 4. The molecule has 0 aliphatic carbocycles. The Hall–Kier alpha value is -0.705. The summed E-state index contributed by atoms with van der Waals surface area (Å²) in [7, 11) is -0.761. The molecule has 20 heavy (non-hydrogen) atoms. The maximum Gasteiger partial charge on any atom is 0.478 e. The van der Waals surface area contributed by atoms with Crippen LogP contribution in [0.1, 0.15) is 13.3 Å². The molecule has 5 N–H and O–H groups in total. The van der Waals surface area contributed by atoms with E-state index in [2.05, 4.69) is 5.32 Å². The standard InChI is InChI=1S/C11H22BNO7/c1-7(17)13-6-12-19-10(8(4-15)2-3-14)11(20-12)9(18)5-16/h8-11,14-16,18H,2-6H2,1H3,(H,13,17). The van der Waals surface area contributed by atoms with Crippen LogP contribution in [-0.4, -0.2) is 78.0 Å². The average Bonchev–Trinajstić information content (AvgIpc) is 2.85. The molecule has 1 fully saturated rings. The highest BCUT2D eigenvalue weighted by Gasteiger charge is 2.46. The first-order chi connectivity index (χ1) is 9.53. The Morgan fingerprint density at radius 3 is 2.40 bits per heavy atom. The molecule has 1 saturated heterocycles. The summed E-state index contributed by atoms with van der Waals surface area (Å²) in [6, 6.07) is 0. The van der Waals surface area contributed by atoms with Crippen LogP contribution in [-0.2, 0) is 14.1 Å². The van der Waals surface area contributed by atoms with Crippen LogP contribution in [0.5, 0.6) is 0 Å². The molecule has 1 aliphatic heterocycles. The van der Waals surface area contributed by atoms with Crippen LogP contribution >= 0.6 is 0 Å². The van der Waals surface area contributed by atoms with Crippen LogP contribution in [0, 0.1) is 5.92 Å². The molecule has 0 saturated carbocycles. The predicted octanol–water partition coefficient (Wildman–Crippen LogP) is -2.72. The van der Waals surface area contributed by atoms with Crippen molar-refractivity contribution in [2.75, 3.05) is 26.3 Å². The van der Waals surface area contributed by atoms with Crippen LogP contribution in [0.25, 0.3) is 0 Å². The maximum absolute atomic E-state index is 10.9. The molecule has 1 heterocycles. The first kappa shape index (κ1) is 17.3. The van der Waals surface area contributed by atoms with Gasteiger partial charge in [0.1, 0.15) is 6.10 Å². The highest BCUT2D eigenvalue weighted by atomic mass is 16.7. The quantitative estimate of drug-likeness (QED) is 0.307. The van der Waals surface area contributed by atoms with E-state index in [4.69, 9.17) is 19.5 Å². The molecule has 8 nitrogen and oxygen atoms in total. The molecular formula is C11H22BNO7. The van der Waals surface area contributed by atoms with Gasteiger partial charge in [-0.2, -0.15) is 0 Å². The van der Waals surface area contributed by atoms with Gasteiger partial charge in [0.15, 0.2) is 0 Å². The van der Waals surface area contributed by atoms with E-state index < -0.39 is 38.0 Å². The minimum absolute atomic E-state index is 0.109. The number of rotatable bonds is 8.